The van der Waals surface area contributed by atoms with Gasteiger partial charge in [0, 0.05) is 23.6 Å². The second kappa shape index (κ2) is 9.71. The number of aryl methyl sites for hydroxylation is 1. The molecule has 0 aliphatic carbocycles. The van der Waals surface area contributed by atoms with Crippen LogP contribution in [0.3, 0.4) is 0 Å². The van der Waals surface area contributed by atoms with E-state index >= 15 is 0 Å². The summed E-state index contributed by atoms with van der Waals surface area (Å²) in [6.07, 6.45) is 8.22. The fourth-order valence-corrected chi connectivity index (χ4v) is 5.13. The van der Waals surface area contributed by atoms with Crippen LogP contribution in [0.2, 0.25) is 0 Å². The van der Waals surface area contributed by atoms with Gasteiger partial charge in [-0.25, -0.2) is 4.99 Å². The second-order valence-electron chi connectivity index (χ2n) is 9.09. The van der Waals surface area contributed by atoms with Gasteiger partial charge >= 0.3 is 0 Å². The van der Waals surface area contributed by atoms with Crippen LogP contribution in [0.25, 0.3) is 10.9 Å². The van der Waals surface area contributed by atoms with Gasteiger partial charge in [-0.05, 0) is 68.5 Å². The van der Waals surface area contributed by atoms with E-state index in [4.69, 9.17) is 0 Å². The van der Waals surface area contributed by atoms with Crippen molar-refractivity contribution in [2.75, 3.05) is 13.1 Å². The molecule has 1 aromatic heterocycles. The van der Waals surface area contributed by atoms with E-state index in [9.17, 15) is 9.59 Å². The predicted octanol–water partition coefficient (Wildman–Crippen LogP) is 4.32. The van der Waals surface area contributed by atoms with Crippen LogP contribution in [0.15, 0.2) is 65.8 Å². The Balaban J connectivity index is 1.43. The molecule has 2 N–H and O–H groups in total. The van der Waals surface area contributed by atoms with E-state index in [0.717, 1.165) is 48.4 Å². The Morgan fingerprint density at radius 2 is 1.82 bits per heavy atom. The lowest BCUT2D eigenvalue weighted by Gasteiger charge is -2.14. The molecule has 3 aromatic rings. The van der Waals surface area contributed by atoms with Gasteiger partial charge in [0.1, 0.15) is 11.6 Å². The molecule has 2 fully saturated rings. The highest BCUT2D eigenvalue weighted by Crippen LogP contribution is 2.33. The highest BCUT2D eigenvalue weighted by Gasteiger charge is 2.40. The number of para-hydroxylation sites is 2. The molecule has 2 unspecified atom stereocenters. The molecule has 6 heteroatoms. The number of nitrogens with zero attached hydrogens (tertiary/aromatic N) is 2. The van der Waals surface area contributed by atoms with Crippen molar-refractivity contribution in [1.82, 2.24) is 15.2 Å². The van der Waals surface area contributed by atoms with Crippen molar-refractivity contribution in [3.05, 3.63) is 66.4 Å². The lowest BCUT2D eigenvalue weighted by Crippen LogP contribution is -2.22. The Labute approximate surface area is 194 Å². The number of hydrogen-bond donors (Lipinski definition) is 2. The molecule has 0 bridgehead atoms. The minimum Gasteiger partial charge on any atom is -0.347 e. The third-order valence-electron chi connectivity index (χ3n) is 6.80. The molecule has 2 aliphatic rings. The zero-order valence-corrected chi connectivity index (χ0v) is 18.8. The van der Waals surface area contributed by atoms with E-state index in [1.165, 1.54) is 25.7 Å². The molecule has 0 radical (unpaired) electrons. The molecule has 0 saturated carbocycles. The number of imide groups is 1. The SMILES string of the molecule is O=C1NC(=O)C(c2cn(CCCC3CCCCNC3)c3ccccc23)C1=Nc1ccccc1. The number of aliphatic imine (C=N–C) groups is 1. The summed E-state index contributed by atoms with van der Waals surface area (Å²) < 4.78 is 2.24. The first-order valence-corrected chi connectivity index (χ1v) is 12.0. The second-order valence-corrected chi connectivity index (χ2v) is 9.09. The molecule has 6 nitrogen and oxygen atoms in total. The van der Waals surface area contributed by atoms with Gasteiger partial charge < -0.3 is 9.88 Å². The molecule has 2 aliphatic heterocycles. The predicted molar refractivity (Wildman–Crippen MR) is 131 cm³/mol. The summed E-state index contributed by atoms with van der Waals surface area (Å²) in [6, 6.07) is 17.5. The molecule has 2 aromatic carbocycles. The summed E-state index contributed by atoms with van der Waals surface area (Å²) in [7, 11) is 0. The minimum atomic E-state index is -0.699. The topological polar surface area (TPSA) is 75.5 Å². The molecule has 3 heterocycles. The monoisotopic (exact) mass is 442 g/mol. The van der Waals surface area contributed by atoms with Crippen LogP contribution in [-0.2, 0) is 16.1 Å². The van der Waals surface area contributed by atoms with Crippen molar-refractivity contribution in [3.63, 3.8) is 0 Å². The van der Waals surface area contributed by atoms with Crippen molar-refractivity contribution < 1.29 is 9.59 Å². The number of aromatic nitrogens is 1. The largest absolute Gasteiger partial charge is 0.347 e. The zero-order chi connectivity index (χ0) is 22.6. The molecule has 0 spiro atoms. The van der Waals surface area contributed by atoms with Crippen LogP contribution in [0.5, 0.6) is 0 Å². The number of carbonyl (C=O) groups excluding carboxylic acids is 2. The summed E-state index contributed by atoms with van der Waals surface area (Å²) in [6.45, 7) is 3.14. The molecule has 33 heavy (non-hydrogen) atoms. The van der Waals surface area contributed by atoms with E-state index in [-0.39, 0.29) is 11.6 Å². The minimum absolute atomic E-state index is 0.263. The molecule has 2 amide bonds. The quantitative estimate of drug-likeness (QED) is 0.558. The fourth-order valence-electron chi connectivity index (χ4n) is 5.13. The number of hydrogen-bond acceptors (Lipinski definition) is 4. The van der Waals surface area contributed by atoms with E-state index in [1.807, 2.05) is 48.5 Å². The number of fused-ring (bicyclic) bond motifs is 1. The maximum atomic E-state index is 12.9. The van der Waals surface area contributed by atoms with Gasteiger partial charge in [-0.1, -0.05) is 42.8 Å². The Morgan fingerprint density at radius 1 is 1.00 bits per heavy atom. The van der Waals surface area contributed by atoms with Crippen LogP contribution >= 0.6 is 0 Å². The smallest absolute Gasteiger partial charge is 0.273 e. The van der Waals surface area contributed by atoms with Gasteiger partial charge in [0.25, 0.3) is 5.91 Å². The van der Waals surface area contributed by atoms with Crippen molar-refractivity contribution in [1.29, 1.82) is 0 Å². The molecule has 170 valence electrons. The van der Waals surface area contributed by atoms with Gasteiger partial charge in [0.05, 0.1) is 5.69 Å². The van der Waals surface area contributed by atoms with Crippen LogP contribution in [0.4, 0.5) is 5.69 Å². The molecule has 2 saturated heterocycles. The Hall–Kier alpha value is -3.25. The van der Waals surface area contributed by atoms with Crippen LogP contribution in [-0.4, -0.2) is 35.2 Å². The van der Waals surface area contributed by atoms with Crippen molar-refractivity contribution in [2.24, 2.45) is 10.9 Å². The average Bonchev–Trinajstić information content (AvgIpc) is 3.17. The molecular formula is C27H30N4O2. The van der Waals surface area contributed by atoms with Gasteiger partial charge in [0.2, 0.25) is 5.91 Å². The van der Waals surface area contributed by atoms with E-state index < -0.39 is 11.8 Å². The highest BCUT2D eigenvalue weighted by molar-refractivity contribution is 6.52. The normalized spacial score (nSPS) is 22.6. The van der Waals surface area contributed by atoms with Gasteiger partial charge in [-0.3, -0.25) is 14.9 Å². The van der Waals surface area contributed by atoms with Crippen LogP contribution in [0.1, 0.15) is 43.6 Å². The number of rotatable bonds is 6. The molecule has 5 rings (SSSR count). The first-order chi connectivity index (χ1) is 16.2. The highest BCUT2D eigenvalue weighted by atomic mass is 16.2. The van der Waals surface area contributed by atoms with Crippen LogP contribution < -0.4 is 10.6 Å². The fraction of sp³-hybridized carbons (Fsp3) is 0.370. The van der Waals surface area contributed by atoms with Crippen molar-refractivity contribution in [3.8, 4) is 0 Å². The van der Waals surface area contributed by atoms with E-state index in [2.05, 4.69) is 32.5 Å². The molecular weight excluding hydrogens is 412 g/mol. The Morgan fingerprint density at radius 3 is 2.70 bits per heavy atom. The number of benzene rings is 2. The Bertz CT molecular complexity index is 1170. The molecule has 2 atom stereocenters. The number of nitrogens with one attached hydrogen (secondary N) is 2. The van der Waals surface area contributed by atoms with Gasteiger partial charge in [-0.15, -0.1) is 0 Å². The van der Waals surface area contributed by atoms with Crippen molar-refractivity contribution in [2.45, 2.75) is 44.6 Å². The number of carbonyl (C=O) groups is 2. The maximum absolute atomic E-state index is 12.9. The lowest BCUT2D eigenvalue weighted by molar-refractivity contribution is -0.124. The first kappa shape index (κ1) is 21.6. The standard InChI is InChI=1S/C27H30N4O2/c32-26-24(25(27(33)30-26)29-20-11-2-1-3-12-20)22-18-31(23-14-5-4-13-21(22)23)16-8-10-19-9-6-7-15-28-17-19/h1-5,11-14,18-19,24,28H,6-10,15-17H2,(H,30,32,33). The average molecular weight is 443 g/mol. The van der Waals surface area contributed by atoms with Gasteiger partial charge in [0.15, 0.2) is 0 Å². The van der Waals surface area contributed by atoms with Gasteiger partial charge in [-0.2, -0.15) is 0 Å². The van der Waals surface area contributed by atoms with Crippen molar-refractivity contribution >= 4 is 34.1 Å². The third-order valence-corrected chi connectivity index (χ3v) is 6.80. The summed E-state index contributed by atoms with van der Waals surface area (Å²) in [5.74, 6) is -0.680. The lowest BCUT2D eigenvalue weighted by atomic mass is 9.95. The maximum Gasteiger partial charge on any atom is 0.273 e. The summed E-state index contributed by atoms with van der Waals surface area (Å²) in [5.41, 5.74) is 2.87. The first-order valence-electron chi connectivity index (χ1n) is 12.0. The third kappa shape index (κ3) is 4.62. The summed E-state index contributed by atoms with van der Waals surface area (Å²) >= 11 is 0. The Kier molecular flexibility index (Phi) is 6.35. The van der Waals surface area contributed by atoms with E-state index in [1.54, 1.807) is 0 Å². The summed E-state index contributed by atoms with van der Waals surface area (Å²) in [4.78, 5) is 30.0. The zero-order valence-electron chi connectivity index (χ0n) is 18.8. The number of amides is 2. The van der Waals surface area contributed by atoms with Crippen LogP contribution in [0, 0.1) is 5.92 Å². The van der Waals surface area contributed by atoms with E-state index in [0.29, 0.717) is 5.69 Å². The summed E-state index contributed by atoms with van der Waals surface area (Å²) in [5, 5.41) is 7.04.